The van der Waals surface area contributed by atoms with E-state index in [0.717, 1.165) is 17.0 Å². The van der Waals surface area contributed by atoms with E-state index in [4.69, 9.17) is 0 Å². The number of amides is 2. The lowest BCUT2D eigenvalue weighted by molar-refractivity contribution is -0.169. The summed E-state index contributed by atoms with van der Waals surface area (Å²) in [4.78, 5) is 26.6. The molecule has 1 aliphatic heterocycles. The van der Waals surface area contributed by atoms with Crippen LogP contribution < -0.4 is 0 Å². The number of aliphatic hydroxyl groups is 1. The summed E-state index contributed by atoms with van der Waals surface area (Å²) in [5, 5.41) is 10.3. The predicted octanol–water partition coefficient (Wildman–Crippen LogP) is 2.81. The van der Waals surface area contributed by atoms with Gasteiger partial charge in [0.05, 0.1) is 17.5 Å². The van der Waals surface area contributed by atoms with Gasteiger partial charge in [-0.1, -0.05) is 26.8 Å². The second-order valence-electron chi connectivity index (χ2n) is 7.55. The Kier molecular flexibility index (Phi) is 3.79. The molecule has 3 unspecified atom stereocenters. The molecule has 1 N–H and O–H groups in total. The number of aliphatic hydroxyl groups excluding tert-OH is 1. The van der Waals surface area contributed by atoms with E-state index < -0.39 is 40.7 Å². The van der Waals surface area contributed by atoms with Gasteiger partial charge in [-0.15, -0.1) is 0 Å². The molecular weight excluding hydrogens is 316 g/mol. The van der Waals surface area contributed by atoms with Crippen LogP contribution in [0.15, 0.2) is 18.2 Å². The van der Waals surface area contributed by atoms with E-state index >= 15 is 0 Å². The number of piperidine rings is 1. The molecule has 2 bridgehead atoms. The lowest BCUT2D eigenvalue weighted by Crippen LogP contribution is -2.59. The molecule has 24 heavy (non-hydrogen) atoms. The topological polar surface area (TPSA) is 57.6 Å². The van der Waals surface area contributed by atoms with Crippen molar-refractivity contribution in [3.05, 3.63) is 35.4 Å². The molecule has 4 nitrogen and oxygen atoms in total. The van der Waals surface area contributed by atoms with E-state index in [1.807, 2.05) is 20.8 Å². The van der Waals surface area contributed by atoms with Gasteiger partial charge in [-0.05, 0) is 30.4 Å². The average Bonchev–Trinajstić information content (AvgIpc) is 2.68. The number of halogens is 2. The van der Waals surface area contributed by atoms with Crippen LogP contribution >= 0.6 is 0 Å². The predicted molar refractivity (Wildman–Crippen MR) is 82.6 cm³/mol. The van der Waals surface area contributed by atoms with Crippen molar-refractivity contribution in [2.75, 3.05) is 6.54 Å². The zero-order chi connectivity index (χ0) is 17.9. The van der Waals surface area contributed by atoms with Gasteiger partial charge in [-0.3, -0.25) is 14.5 Å². The fraction of sp³-hybridized carbons (Fsp3) is 0.556. The molecule has 2 aliphatic rings. The fourth-order valence-corrected chi connectivity index (χ4v) is 4.17. The third kappa shape index (κ3) is 2.12. The standard InChI is InChI=1S/C18H21F2NO3/c1-17(2)10-7-8-18(17,3)16(24)21(15(10)23)9-13(22)14-11(19)5-4-6-12(14)20/h4-6,10,13,22H,7-9H2,1-3H3. The number of hydrogen-bond donors (Lipinski definition) is 1. The summed E-state index contributed by atoms with van der Waals surface area (Å²) in [5.74, 6) is -2.85. The Hall–Kier alpha value is -1.82. The molecule has 1 aromatic carbocycles. The van der Waals surface area contributed by atoms with Crippen molar-refractivity contribution >= 4 is 11.8 Å². The van der Waals surface area contributed by atoms with E-state index in [1.165, 1.54) is 6.07 Å². The summed E-state index contributed by atoms with van der Waals surface area (Å²) >= 11 is 0. The molecule has 2 fully saturated rings. The molecule has 0 radical (unpaired) electrons. The highest BCUT2D eigenvalue weighted by Gasteiger charge is 2.64. The first-order chi connectivity index (χ1) is 11.1. The van der Waals surface area contributed by atoms with Crippen LogP contribution in [0.1, 0.15) is 45.3 Å². The second kappa shape index (κ2) is 5.34. The first-order valence-corrected chi connectivity index (χ1v) is 8.09. The second-order valence-corrected chi connectivity index (χ2v) is 7.55. The first kappa shape index (κ1) is 17.0. The smallest absolute Gasteiger partial charge is 0.235 e. The number of carbonyl (C=O) groups excluding carboxylic acids is 2. The Bertz CT molecular complexity index is 698. The number of benzene rings is 1. The molecule has 0 aromatic heterocycles. The minimum Gasteiger partial charge on any atom is -0.386 e. The molecule has 1 saturated heterocycles. The number of β-amino-alcohol motifs (C(OH)–C–C–N with tert-alkyl or cyclic N) is 1. The van der Waals surface area contributed by atoms with Gasteiger partial charge in [0.25, 0.3) is 0 Å². The Labute approximate surface area is 139 Å². The number of rotatable bonds is 3. The highest BCUT2D eigenvalue weighted by atomic mass is 19.1. The third-order valence-corrected chi connectivity index (χ3v) is 6.20. The van der Waals surface area contributed by atoms with Crippen molar-refractivity contribution in [2.45, 2.75) is 39.7 Å². The monoisotopic (exact) mass is 337 g/mol. The SMILES string of the molecule is CC12CCC(C(=O)N(CC(O)c3c(F)cccc3F)C1=O)C2(C)C. The number of imide groups is 1. The molecule has 130 valence electrons. The van der Waals surface area contributed by atoms with Gasteiger partial charge in [0.1, 0.15) is 17.7 Å². The minimum absolute atomic E-state index is 0.321. The quantitative estimate of drug-likeness (QED) is 0.863. The van der Waals surface area contributed by atoms with Gasteiger partial charge in [0, 0.05) is 5.92 Å². The highest BCUT2D eigenvalue weighted by Crippen LogP contribution is 2.60. The molecule has 1 saturated carbocycles. The van der Waals surface area contributed by atoms with Gasteiger partial charge in [-0.2, -0.15) is 0 Å². The largest absolute Gasteiger partial charge is 0.386 e. The van der Waals surface area contributed by atoms with Crippen molar-refractivity contribution in [3.8, 4) is 0 Å². The fourth-order valence-electron chi connectivity index (χ4n) is 4.17. The van der Waals surface area contributed by atoms with Crippen LogP contribution in [0.3, 0.4) is 0 Å². The minimum atomic E-state index is -1.59. The summed E-state index contributed by atoms with van der Waals surface area (Å²) in [6.45, 7) is 5.21. The lowest BCUT2D eigenvalue weighted by atomic mass is 9.62. The Balaban J connectivity index is 1.91. The number of fused-ring (bicyclic) bond motifs is 2. The van der Waals surface area contributed by atoms with Gasteiger partial charge in [0.15, 0.2) is 0 Å². The molecule has 1 aromatic rings. The van der Waals surface area contributed by atoms with E-state index in [0.29, 0.717) is 12.8 Å². The van der Waals surface area contributed by atoms with Crippen LogP contribution in [0.2, 0.25) is 0 Å². The average molecular weight is 337 g/mol. The Morgan fingerprint density at radius 1 is 1.25 bits per heavy atom. The molecule has 6 heteroatoms. The van der Waals surface area contributed by atoms with Gasteiger partial charge in [0.2, 0.25) is 11.8 Å². The van der Waals surface area contributed by atoms with Crippen molar-refractivity contribution < 1.29 is 23.5 Å². The number of nitrogens with zero attached hydrogens (tertiary/aromatic N) is 1. The molecule has 0 spiro atoms. The van der Waals surface area contributed by atoms with E-state index in [9.17, 15) is 23.5 Å². The maximum Gasteiger partial charge on any atom is 0.235 e. The number of carbonyl (C=O) groups is 2. The Morgan fingerprint density at radius 3 is 2.42 bits per heavy atom. The molecule has 3 atom stereocenters. The third-order valence-electron chi connectivity index (χ3n) is 6.20. The van der Waals surface area contributed by atoms with Crippen molar-refractivity contribution in [2.24, 2.45) is 16.7 Å². The van der Waals surface area contributed by atoms with Crippen LogP contribution in [0.5, 0.6) is 0 Å². The zero-order valence-electron chi connectivity index (χ0n) is 14.0. The van der Waals surface area contributed by atoms with Crippen molar-refractivity contribution in [1.82, 2.24) is 4.90 Å². The lowest BCUT2D eigenvalue weighted by Gasteiger charge is -2.48. The van der Waals surface area contributed by atoms with Crippen LogP contribution in [0.25, 0.3) is 0 Å². The number of hydrogen-bond acceptors (Lipinski definition) is 3. The van der Waals surface area contributed by atoms with Crippen molar-refractivity contribution in [1.29, 1.82) is 0 Å². The molecular formula is C18H21F2NO3. The maximum atomic E-state index is 13.8. The number of likely N-dealkylation sites (tertiary alicyclic amines) is 1. The molecule has 2 amide bonds. The summed E-state index contributed by atoms with van der Waals surface area (Å²) < 4.78 is 27.7. The van der Waals surface area contributed by atoms with Gasteiger partial charge >= 0.3 is 0 Å². The van der Waals surface area contributed by atoms with Crippen LogP contribution in [-0.4, -0.2) is 28.4 Å². The molecule has 1 aliphatic carbocycles. The zero-order valence-corrected chi connectivity index (χ0v) is 14.0. The van der Waals surface area contributed by atoms with Crippen molar-refractivity contribution in [3.63, 3.8) is 0 Å². The van der Waals surface area contributed by atoms with Crippen LogP contribution in [-0.2, 0) is 9.59 Å². The van der Waals surface area contributed by atoms with Gasteiger partial charge in [-0.25, -0.2) is 8.78 Å². The van der Waals surface area contributed by atoms with Crippen LogP contribution in [0, 0.1) is 28.4 Å². The first-order valence-electron chi connectivity index (χ1n) is 8.09. The molecule has 1 heterocycles. The Morgan fingerprint density at radius 2 is 1.83 bits per heavy atom. The van der Waals surface area contributed by atoms with E-state index in [1.54, 1.807) is 0 Å². The summed E-state index contributed by atoms with van der Waals surface area (Å²) in [6.07, 6.45) is -0.395. The maximum absolute atomic E-state index is 13.8. The van der Waals surface area contributed by atoms with E-state index in [2.05, 4.69) is 0 Å². The normalized spacial score (nSPS) is 29.9. The summed E-state index contributed by atoms with van der Waals surface area (Å²) in [6, 6.07) is 3.27. The van der Waals surface area contributed by atoms with Crippen LogP contribution in [0.4, 0.5) is 8.78 Å². The molecule has 3 rings (SSSR count). The summed E-state index contributed by atoms with van der Waals surface area (Å²) in [7, 11) is 0. The highest BCUT2D eigenvalue weighted by molar-refractivity contribution is 6.03. The van der Waals surface area contributed by atoms with E-state index in [-0.39, 0.29) is 17.7 Å². The van der Waals surface area contributed by atoms with Gasteiger partial charge < -0.3 is 5.11 Å². The summed E-state index contributed by atoms with van der Waals surface area (Å²) in [5.41, 5.74) is -1.69.